The molecule has 0 aliphatic heterocycles. The molecule has 0 bridgehead atoms. The second-order valence-corrected chi connectivity index (χ2v) is 10.9. The SMILES string of the molecule is CC(=C=C(CCc1ccccc1)[Si](C)(C)c1ccccc1)CO. The van der Waals surface area contributed by atoms with Gasteiger partial charge >= 0.3 is 0 Å². The van der Waals surface area contributed by atoms with Gasteiger partial charge in [0.2, 0.25) is 0 Å². The fraction of sp³-hybridized carbons (Fsp3) is 0.286. The normalized spacial score (nSPS) is 11.0. The Morgan fingerprint density at radius 1 is 0.957 bits per heavy atom. The Balaban J connectivity index is 2.33. The number of hydrogen-bond donors (Lipinski definition) is 1. The third-order valence-corrected chi connectivity index (χ3v) is 8.02. The number of aryl methyl sites for hydroxylation is 1. The molecule has 1 nitrogen and oxygen atoms in total. The highest BCUT2D eigenvalue weighted by atomic mass is 28.3. The quantitative estimate of drug-likeness (QED) is 0.623. The summed E-state index contributed by atoms with van der Waals surface area (Å²) in [6.45, 7) is 6.78. The van der Waals surface area contributed by atoms with E-state index in [4.69, 9.17) is 0 Å². The van der Waals surface area contributed by atoms with Crippen LogP contribution in [0, 0.1) is 0 Å². The van der Waals surface area contributed by atoms with Crippen molar-refractivity contribution < 1.29 is 5.11 Å². The number of rotatable bonds is 6. The molecule has 0 atom stereocenters. The first-order valence-electron chi connectivity index (χ1n) is 8.20. The number of aliphatic hydroxyl groups excluding tert-OH is 1. The molecule has 1 N–H and O–H groups in total. The van der Waals surface area contributed by atoms with Gasteiger partial charge in [-0.2, -0.15) is 0 Å². The van der Waals surface area contributed by atoms with E-state index in [0.29, 0.717) is 0 Å². The van der Waals surface area contributed by atoms with Crippen molar-refractivity contribution in [3.8, 4) is 0 Å². The van der Waals surface area contributed by atoms with Crippen molar-refractivity contribution in [1.29, 1.82) is 0 Å². The number of hydrogen-bond acceptors (Lipinski definition) is 1. The smallest absolute Gasteiger partial charge is 0.116 e. The van der Waals surface area contributed by atoms with Crippen LogP contribution in [0.3, 0.4) is 0 Å². The van der Waals surface area contributed by atoms with Crippen molar-refractivity contribution in [3.05, 3.63) is 82.7 Å². The molecular formula is C21H26OSi. The van der Waals surface area contributed by atoms with Crippen molar-refractivity contribution in [2.75, 3.05) is 6.61 Å². The van der Waals surface area contributed by atoms with E-state index in [0.717, 1.165) is 18.4 Å². The van der Waals surface area contributed by atoms with Gasteiger partial charge in [-0.1, -0.05) is 78.9 Å². The standard InChI is InChI=1S/C21H26OSi/c1-18(17-22)16-21(15-14-19-10-6-4-7-11-19)23(2,3)20-12-8-5-9-13-20/h4-13,22H,14-15,17H2,1-3H3. The van der Waals surface area contributed by atoms with E-state index in [1.54, 1.807) is 0 Å². The third-order valence-electron chi connectivity index (χ3n) is 4.36. The molecule has 2 heteroatoms. The Bertz CT molecular complexity index is 680. The molecule has 0 spiro atoms. The third kappa shape index (κ3) is 4.80. The van der Waals surface area contributed by atoms with E-state index in [1.807, 2.05) is 6.92 Å². The van der Waals surface area contributed by atoms with Crippen LogP contribution in [-0.2, 0) is 6.42 Å². The van der Waals surface area contributed by atoms with Gasteiger partial charge in [0.1, 0.15) is 8.07 Å². The molecule has 0 fully saturated rings. The van der Waals surface area contributed by atoms with Crippen LogP contribution < -0.4 is 5.19 Å². The first-order valence-corrected chi connectivity index (χ1v) is 11.2. The molecule has 0 aliphatic rings. The summed E-state index contributed by atoms with van der Waals surface area (Å²) in [5, 5.41) is 12.2. The zero-order chi connectivity index (χ0) is 16.7. The Morgan fingerprint density at radius 3 is 2.09 bits per heavy atom. The van der Waals surface area contributed by atoms with Crippen LogP contribution in [0.2, 0.25) is 13.1 Å². The Labute approximate surface area is 141 Å². The van der Waals surface area contributed by atoms with E-state index in [2.05, 4.69) is 79.5 Å². The molecule has 0 aliphatic carbocycles. The van der Waals surface area contributed by atoms with Gasteiger partial charge in [0.15, 0.2) is 0 Å². The molecule has 2 aromatic carbocycles. The molecule has 0 saturated heterocycles. The van der Waals surface area contributed by atoms with Crippen LogP contribution in [0.4, 0.5) is 0 Å². The van der Waals surface area contributed by atoms with Gasteiger partial charge in [-0.3, -0.25) is 0 Å². The van der Waals surface area contributed by atoms with Crippen LogP contribution in [0.15, 0.2) is 77.2 Å². The molecular weight excluding hydrogens is 296 g/mol. The van der Waals surface area contributed by atoms with Crippen LogP contribution in [0.1, 0.15) is 18.9 Å². The van der Waals surface area contributed by atoms with Crippen molar-refractivity contribution in [2.45, 2.75) is 32.9 Å². The zero-order valence-electron chi connectivity index (χ0n) is 14.3. The minimum atomic E-state index is -1.77. The maximum absolute atomic E-state index is 9.41. The van der Waals surface area contributed by atoms with Crippen molar-refractivity contribution >= 4 is 13.3 Å². The molecule has 0 unspecified atom stereocenters. The minimum absolute atomic E-state index is 0.0775. The van der Waals surface area contributed by atoms with Gasteiger partial charge in [0.05, 0.1) is 6.61 Å². The van der Waals surface area contributed by atoms with Crippen LogP contribution in [-0.4, -0.2) is 19.8 Å². The predicted octanol–water partition coefficient (Wildman–Crippen LogP) is 4.24. The lowest BCUT2D eigenvalue weighted by atomic mass is 10.1. The molecule has 2 rings (SSSR count). The zero-order valence-corrected chi connectivity index (χ0v) is 15.3. The highest BCUT2D eigenvalue weighted by molar-refractivity contribution is 6.95. The van der Waals surface area contributed by atoms with E-state index in [9.17, 15) is 5.11 Å². The van der Waals surface area contributed by atoms with Gasteiger partial charge in [0, 0.05) is 0 Å². The lowest BCUT2D eigenvalue weighted by molar-refractivity contribution is 0.331. The topological polar surface area (TPSA) is 20.2 Å². The van der Waals surface area contributed by atoms with Gasteiger partial charge < -0.3 is 5.11 Å². The average molecular weight is 323 g/mol. The Morgan fingerprint density at radius 2 is 1.52 bits per heavy atom. The molecule has 0 aromatic heterocycles. The van der Waals surface area contributed by atoms with Gasteiger partial charge in [-0.25, -0.2) is 0 Å². The molecule has 0 saturated carbocycles. The Kier molecular flexibility index (Phi) is 6.17. The van der Waals surface area contributed by atoms with E-state index in [-0.39, 0.29) is 6.61 Å². The van der Waals surface area contributed by atoms with Gasteiger partial charge in [-0.05, 0) is 36.1 Å². The van der Waals surface area contributed by atoms with E-state index < -0.39 is 8.07 Å². The summed E-state index contributed by atoms with van der Waals surface area (Å²) in [5.74, 6) is 0. The highest BCUT2D eigenvalue weighted by Crippen LogP contribution is 2.20. The fourth-order valence-corrected chi connectivity index (χ4v) is 5.42. The molecule has 0 heterocycles. The molecule has 120 valence electrons. The molecule has 23 heavy (non-hydrogen) atoms. The number of aliphatic hydroxyl groups is 1. The largest absolute Gasteiger partial charge is 0.391 e. The van der Waals surface area contributed by atoms with Gasteiger partial charge in [-0.15, -0.1) is 5.73 Å². The second kappa shape index (κ2) is 8.12. The maximum atomic E-state index is 9.41. The molecule has 0 radical (unpaired) electrons. The summed E-state index contributed by atoms with van der Waals surface area (Å²) in [5.41, 5.74) is 5.79. The van der Waals surface area contributed by atoms with E-state index in [1.165, 1.54) is 15.9 Å². The van der Waals surface area contributed by atoms with Crippen molar-refractivity contribution in [1.82, 2.24) is 0 Å². The van der Waals surface area contributed by atoms with Crippen LogP contribution in [0.25, 0.3) is 0 Å². The minimum Gasteiger partial charge on any atom is -0.391 e. The first kappa shape index (κ1) is 17.5. The van der Waals surface area contributed by atoms with Crippen LogP contribution >= 0.6 is 0 Å². The maximum Gasteiger partial charge on any atom is 0.116 e. The summed E-state index contributed by atoms with van der Waals surface area (Å²) in [6, 6.07) is 21.3. The summed E-state index contributed by atoms with van der Waals surface area (Å²) < 4.78 is 0. The monoisotopic (exact) mass is 322 g/mol. The summed E-state index contributed by atoms with van der Waals surface area (Å²) in [4.78, 5) is 0. The van der Waals surface area contributed by atoms with Crippen molar-refractivity contribution in [3.63, 3.8) is 0 Å². The highest BCUT2D eigenvalue weighted by Gasteiger charge is 2.28. The number of benzene rings is 2. The summed E-state index contributed by atoms with van der Waals surface area (Å²) in [7, 11) is -1.77. The molecule has 0 amide bonds. The fourth-order valence-electron chi connectivity index (χ4n) is 2.77. The van der Waals surface area contributed by atoms with Crippen molar-refractivity contribution in [2.24, 2.45) is 0 Å². The first-order chi connectivity index (χ1) is 11.0. The van der Waals surface area contributed by atoms with Gasteiger partial charge in [0.25, 0.3) is 0 Å². The van der Waals surface area contributed by atoms with E-state index >= 15 is 0 Å². The second-order valence-electron chi connectivity index (χ2n) is 6.52. The summed E-state index contributed by atoms with van der Waals surface area (Å²) >= 11 is 0. The Hall–Kier alpha value is -1.86. The van der Waals surface area contributed by atoms with Crippen LogP contribution in [0.5, 0.6) is 0 Å². The lowest BCUT2D eigenvalue weighted by Crippen LogP contribution is -2.43. The predicted molar refractivity (Wildman–Crippen MR) is 102 cm³/mol. The lowest BCUT2D eigenvalue weighted by Gasteiger charge is -2.25. The summed E-state index contributed by atoms with van der Waals surface area (Å²) in [6.07, 6.45) is 2.01. The molecule has 2 aromatic rings. The average Bonchev–Trinajstić information content (AvgIpc) is 2.59.